The molecule has 1 aliphatic rings. The van der Waals surface area contributed by atoms with Crippen LogP contribution in [0.5, 0.6) is 11.5 Å². The first-order chi connectivity index (χ1) is 19.7. The summed E-state index contributed by atoms with van der Waals surface area (Å²) in [5, 5.41) is 2.94. The highest BCUT2D eigenvalue weighted by Gasteiger charge is 2.34. The molecular formula is C31H37N3O6S. The topological polar surface area (TPSA) is 105 Å². The molecule has 0 saturated carbocycles. The molecule has 1 aliphatic heterocycles. The van der Waals surface area contributed by atoms with Crippen LogP contribution in [0.15, 0.2) is 72.8 Å². The highest BCUT2D eigenvalue weighted by molar-refractivity contribution is 7.92. The van der Waals surface area contributed by atoms with Gasteiger partial charge in [-0.2, -0.15) is 0 Å². The van der Waals surface area contributed by atoms with Gasteiger partial charge in [0.2, 0.25) is 28.6 Å². The first kappa shape index (κ1) is 29.9. The molecule has 1 heterocycles. The number of carbonyl (C=O) groups excluding carboxylic acids is 2. The molecule has 3 aromatic carbocycles. The molecule has 2 amide bonds. The molecule has 4 rings (SSSR count). The number of ether oxygens (including phenoxy) is 2. The largest absolute Gasteiger partial charge is 0.454 e. The molecule has 1 N–H and O–H groups in total. The van der Waals surface area contributed by atoms with E-state index in [9.17, 15) is 18.0 Å². The van der Waals surface area contributed by atoms with Crippen molar-refractivity contribution in [2.45, 2.75) is 46.2 Å². The quantitative estimate of drug-likeness (QED) is 0.328. The standard InChI is InChI=1S/C31H37N3O6S/c1-4-16-32-31(36)27(18-24-11-7-6-8-12-24)33(20-25-13-9-10-23(3)17-25)30(35)21-34(41(37,38)5-2)26-14-15-28-29(19-26)40-22-39-28/h6-15,17,19,27H,4-5,16,18,20-22H2,1-3H3,(H,32,36). The Labute approximate surface area is 242 Å². The number of sulfonamides is 1. The van der Waals surface area contributed by atoms with E-state index in [0.29, 0.717) is 18.0 Å². The van der Waals surface area contributed by atoms with Gasteiger partial charge < -0.3 is 19.7 Å². The third-order valence-corrected chi connectivity index (χ3v) is 8.62. The normalized spacial score (nSPS) is 13.0. The van der Waals surface area contributed by atoms with E-state index in [1.54, 1.807) is 18.2 Å². The lowest BCUT2D eigenvalue weighted by atomic mass is 10.0. The molecule has 1 atom stereocenters. The molecule has 0 bridgehead atoms. The number of anilines is 1. The summed E-state index contributed by atoms with van der Waals surface area (Å²) in [6.07, 6.45) is 1.01. The molecule has 0 saturated heterocycles. The van der Waals surface area contributed by atoms with Gasteiger partial charge in [0.15, 0.2) is 11.5 Å². The fraction of sp³-hybridized carbons (Fsp3) is 0.355. The van der Waals surface area contributed by atoms with Gasteiger partial charge >= 0.3 is 0 Å². The minimum atomic E-state index is -3.87. The van der Waals surface area contributed by atoms with Crippen LogP contribution in [0.25, 0.3) is 0 Å². The Morgan fingerprint density at radius 3 is 2.37 bits per heavy atom. The van der Waals surface area contributed by atoms with Gasteiger partial charge in [-0.1, -0.05) is 67.1 Å². The maximum atomic E-state index is 14.2. The summed E-state index contributed by atoms with van der Waals surface area (Å²) in [6.45, 7) is 5.61. The van der Waals surface area contributed by atoms with Crippen molar-refractivity contribution < 1.29 is 27.5 Å². The van der Waals surface area contributed by atoms with Crippen LogP contribution in [0.2, 0.25) is 0 Å². The Balaban J connectivity index is 1.73. The van der Waals surface area contributed by atoms with Crippen molar-refractivity contribution in [1.82, 2.24) is 10.2 Å². The molecule has 10 heteroatoms. The molecule has 218 valence electrons. The van der Waals surface area contributed by atoms with Gasteiger partial charge in [0.25, 0.3) is 0 Å². The van der Waals surface area contributed by atoms with E-state index in [4.69, 9.17) is 9.47 Å². The predicted octanol–water partition coefficient (Wildman–Crippen LogP) is 4.05. The van der Waals surface area contributed by atoms with E-state index in [1.165, 1.54) is 11.8 Å². The maximum Gasteiger partial charge on any atom is 0.244 e. The number of hydrogen-bond donors (Lipinski definition) is 1. The van der Waals surface area contributed by atoms with Crippen molar-refractivity contribution in [1.29, 1.82) is 0 Å². The van der Waals surface area contributed by atoms with Crippen LogP contribution in [0.4, 0.5) is 5.69 Å². The molecule has 1 unspecified atom stereocenters. The number of nitrogens with zero attached hydrogens (tertiary/aromatic N) is 2. The Hall–Kier alpha value is -4.05. The minimum Gasteiger partial charge on any atom is -0.454 e. The number of rotatable bonds is 13. The molecule has 41 heavy (non-hydrogen) atoms. The van der Waals surface area contributed by atoms with Gasteiger partial charge in [-0.25, -0.2) is 8.42 Å². The number of hydrogen-bond acceptors (Lipinski definition) is 6. The first-order valence-electron chi connectivity index (χ1n) is 13.8. The highest BCUT2D eigenvalue weighted by Crippen LogP contribution is 2.36. The third-order valence-electron chi connectivity index (χ3n) is 6.88. The van der Waals surface area contributed by atoms with E-state index in [2.05, 4.69) is 5.32 Å². The van der Waals surface area contributed by atoms with Crippen molar-refractivity contribution in [2.75, 3.05) is 29.9 Å². The Morgan fingerprint density at radius 2 is 1.66 bits per heavy atom. The van der Waals surface area contributed by atoms with Gasteiger partial charge in [-0.05, 0) is 43.5 Å². The zero-order chi connectivity index (χ0) is 29.4. The molecule has 3 aromatic rings. The Morgan fingerprint density at radius 1 is 0.927 bits per heavy atom. The summed E-state index contributed by atoms with van der Waals surface area (Å²) in [4.78, 5) is 29.3. The van der Waals surface area contributed by atoms with Crippen LogP contribution in [0.1, 0.15) is 37.0 Å². The SMILES string of the molecule is CCCNC(=O)C(Cc1ccccc1)N(Cc1cccc(C)c1)C(=O)CN(c1ccc2c(c1)OCO2)S(=O)(=O)CC. The van der Waals surface area contributed by atoms with E-state index >= 15 is 0 Å². The monoisotopic (exact) mass is 579 g/mol. The molecule has 0 aliphatic carbocycles. The summed E-state index contributed by atoms with van der Waals surface area (Å²) in [6, 6.07) is 21.1. The lowest BCUT2D eigenvalue weighted by Gasteiger charge is -2.34. The van der Waals surface area contributed by atoms with Crippen LogP contribution in [-0.2, 0) is 32.6 Å². The fourth-order valence-corrected chi connectivity index (χ4v) is 5.74. The van der Waals surface area contributed by atoms with Crippen LogP contribution in [0.3, 0.4) is 0 Å². The molecule has 0 spiro atoms. The van der Waals surface area contributed by atoms with E-state index in [-0.39, 0.29) is 37.1 Å². The summed E-state index contributed by atoms with van der Waals surface area (Å²) in [7, 11) is -3.87. The molecular weight excluding hydrogens is 542 g/mol. The van der Waals surface area contributed by atoms with E-state index in [1.807, 2.05) is 68.4 Å². The van der Waals surface area contributed by atoms with Crippen LogP contribution in [0, 0.1) is 6.92 Å². The Bertz CT molecular complexity index is 1460. The first-order valence-corrected chi connectivity index (χ1v) is 15.4. The summed E-state index contributed by atoms with van der Waals surface area (Å²) >= 11 is 0. The summed E-state index contributed by atoms with van der Waals surface area (Å²) in [5.41, 5.74) is 3.03. The number of carbonyl (C=O) groups is 2. The fourth-order valence-electron chi connectivity index (χ4n) is 4.69. The van der Waals surface area contributed by atoms with Gasteiger partial charge in [0.05, 0.1) is 11.4 Å². The number of aryl methyl sites for hydroxylation is 1. The van der Waals surface area contributed by atoms with Gasteiger partial charge in [-0.3, -0.25) is 13.9 Å². The second kappa shape index (κ2) is 13.5. The number of amides is 2. The summed E-state index contributed by atoms with van der Waals surface area (Å²) in [5.74, 6) is -0.0791. The van der Waals surface area contributed by atoms with Crippen LogP contribution in [-0.4, -0.2) is 56.8 Å². The second-order valence-electron chi connectivity index (χ2n) is 9.95. The lowest BCUT2D eigenvalue weighted by Crippen LogP contribution is -2.53. The Kier molecular flexibility index (Phi) is 9.88. The third kappa shape index (κ3) is 7.58. The van der Waals surface area contributed by atoms with E-state index < -0.39 is 28.5 Å². The molecule has 0 aromatic heterocycles. The second-order valence-corrected chi connectivity index (χ2v) is 12.1. The van der Waals surface area contributed by atoms with Gasteiger partial charge in [0, 0.05) is 25.6 Å². The van der Waals surface area contributed by atoms with Gasteiger partial charge in [-0.15, -0.1) is 0 Å². The maximum absolute atomic E-state index is 14.2. The highest BCUT2D eigenvalue weighted by atomic mass is 32.2. The molecule has 0 fully saturated rings. The average Bonchev–Trinajstić information content (AvgIpc) is 3.45. The number of benzene rings is 3. The van der Waals surface area contributed by atoms with Crippen molar-refractivity contribution >= 4 is 27.5 Å². The summed E-state index contributed by atoms with van der Waals surface area (Å²) < 4.78 is 38.5. The predicted molar refractivity (Wildman–Crippen MR) is 158 cm³/mol. The van der Waals surface area contributed by atoms with Gasteiger partial charge in [0.1, 0.15) is 12.6 Å². The van der Waals surface area contributed by atoms with Crippen molar-refractivity contribution in [3.63, 3.8) is 0 Å². The minimum absolute atomic E-state index is 0.0382. The average molecular weight is 580 g/mol. The van der Waals surface area contributed by atoms with E-state index in [0.717, 1.165) is 27.4 Å². The number of nitrogens with one attached hydrogen (secondary N) is 1. The van der Waals surface area contributed by atoms with Crippen LogP contribution < -0.4 is 19.1 Å². The lowest BCUT2D eigenvalue weighted by molar-refractivity contribution is -0.140. The van der Waals surface area contributed by atoms with Crippen molar-refractivity contribution in [3.05, 3.63) is 89.5 Å². The zero-order valence-corrected chi connectivity index (χ0v) is 24.5. The van der Waals surface area contributed by atoms with Crippen LogP contribution >= 0.6 is 0 Å². The zero-order valence-electron chi connectivity index (χ0n) is 23.7. The molecule has 0 radical (unpaired) electrons. The van der Waals surface area contributed by atoms with Crippen molar-refractivity contribution in [2.24, 2.45) is 0 Å². The number of fused-ring (bicyclic) bond motifs is 1. The van der Waals surface area contributed by atoms with Crippen molar-refractivity contribution in [3.8, 4) is 11.5 Å². The molecule has 9 nitrogen and oxygen atoms in total. The smallest absolute Gasteiger partial charge is 0.244 e.